The number of hydrogen-bond acceptors (Lipinski definition) is 3. The number of ether oxygens (including phenoxy) is 1. The number of rotatable bonds is 2. The van der Waals surface area contributed by atoms with Crippen molar-refractivity contribution < 1.29 is 9.53 Å². The molecule has 1 aromatic carbocycles. The van der Waals surface area contributed by atoms with Gasteiger partial charge in [-0.25, -0.2) is 4.79 Å². The van der Waals surface area contributed by atoms with Gasteiger partial charge in [0.05, 0.1) is 11.7 Å². The molecule has 0 fully saturated rings. The van der Waals surface area contributed by atoms with E-state index >= 15 is 0 Å². The molecule has 2 N–H and O–H groups in total. The summed E-state index contributed by atoms with van der Waals surface area (Å²) in [6, 6.07) is 5.28. The van der Waals surface area contributed by atoms with E-state index in [0.29, 0.717) is 11.3 Å². The minimum absolute atomic E-state index is 0.125. The first-order valence-corrected chi connectivity index (χ1v) is 5.34. The van der Waals surface area contributed by atoms with Crippen LogP contribution in [0.2, 0.25) is 0 Å². The Morgan fingerprint density at radius 1 is 1.50 bits per heavy atom. The van der Waals surface area contributed by atoms with E-state index in [2.05, 4.69) is 22.6 Å². The highest BCUT2D eigenvalue weighted by molar-refractivity contribution is 14.1. The SMILES string of the molecule is CC(C)OC(=O)c1cc(I)ccc1N. The van der Waals surface area contributed by atoms with Crippen LogP contribution in [-0.4, -0.2) is 12.1 Å². The topological polar surface area (TPSA) is 52.3 Å². The first-order chi connectivity index (χ1) is 6.50. The smallest absolute Gasteiger partial charge is 0.340 e. The average molecular weight is 305 g/mol. The molecule has 0 aromatic heterocycles. The Kier molecular flexibility index (Phi) is 3.74. The van der Waals surface area contributed by atoms with Gasteiger partial charge in [0.25, 0.3) is 0 Å². The van der Waals surface area contributed by atoms with Gasteiger partial charge < -0.3 is 10.5 Å². The van der Waals surface area contributed by atoms with Crippen LogP contribution in [0.5, 0.6) is 0 Å². The maximum absolute atomic E-state index is 11.5. The number of benzene rings is 1. The number of carbonyl (C=O) groups excluding carboxylic acids is 1. The maximum atomic E-state index is 11.5. The fourth-order valence-electron chi connectivity index (χ4n) is 0.983. The minimum atomic E-state index is -0.365. The van der Waals surface area contributed by atoms with E-state index in [-0.39, 0.29) is 12.1 Å². The van der Waals surface area contributed by atoms with Crippen molar-refractivity contribution in [2.45, 2.75) is 20.0 Å². The van der Waals surface area contributed by atoms with E-state index in [1.54, 1.807) is 12.1 Å². The summed E-state index contributed by atoms with van der Waals surface area (Å²) >= 11 is 2.13. The van der Waals surface area contributed by atoms with Crippen molar-refractivity contribution >= 4 is 34.2 Å². The summed E-state index contributed by atoms with van der Waals surface area (Å²) in [4.78, 5) is 11.5. The van der Waals surface area contributed by atoms with E-state index in [1.165, 1.54) is 0 Å². The fourth-order valence-corrected chi connectivity index (χ4v) is 1.47. The van der Waals surface area contributed by atoms with Crippen LogP contribution in [0.15, 0.2) is 18.2 Å². The van der Waals surface area contributed by atoms with E-state index in [0.717, 1.165) is 3.57 Å². The molecule has 0 amide bonds. The normalized spacial score (nSPS) is 10.3. The Balaban J connectivity index is 2.94. The Labute approximate surface area is 96.8 Å². The zero-order valence-electron chi connectivity index (χ0n) is 8.08. The number of halogens is 1. The highest BCUT2D eigenvalue weighted by Gasteiger charge is 2.12. The zero-order chi connectivity index (χ0) is 10.7. The summed E-state index contributed by atoms with van der Waals surface area (Å²) in [6.07, 6.45) is -0.125. The second kappa shape index (κ2) is 4.63. The molecule has 0 atom stereocenters. The van der Waals surface area contributed by atoms with Gasteiger partial charge in [-0.2, -0.15) is 0 Å². The molecular weight excluding hydrogens is 293 g/mol. The second-order valence-electron chi connectivity index (χ2n) is 3.19. The van der Waals surface area contributed by atoms with Gasteiger partial charge in [0.15, 0.2) is 0 Å². The zero-order valence-corrected chi connectivity index (χ0v) is 10.2. The van der Waals surface area contributed by atoms with Gasteiger partial charge in [0.2, 0.25) is 0 Å². The van der Waals surface area contributed by atoms with Crippen LogP contribution >= 0.6 is 22.6 Å². The number of carbonyl (C=O) groups is 1. The minimum Gasteiger partial charge on any atom is -0.459 e. The predicted molar refractivity (Wildman–Crippen MR) is 64.1 cm³/mol. The van der Waals surface area contributed by atoms with Crippen molar-refractivity contribution in [3.8, 4) is 0 Å². The predicted octanol–water partition coefficient (Wildman–Crippen LogP) is 2.44. The summed E-state index contributed by atoms with van der Waals surface area (Å²) in [5, 5.41) is 0. The van der Waals surface area contributed by atoms with Crippen LogP contribution in [0.1, 0.15) is 24.2 Å². The van der Waals surface area contributed by atoms with Crippen LogP contribution in [0.4, 0.5) is 5.69 Å². The number of nitrogen functional groups attached to an aromatic ring is 1. The van der Waals surface area contributed by atoms with Crippen LogP contribution in [0.25, 0.3) is 0 Å². The molecule has 0 saturated carbocycles. The van der Waals surface area contributed by atoms with Crippen molar-refractivity contribution in [1.82, 2.24) is 0 Å². The van der Waals surface area contributed by atoms with E-state index in [1.807, 2.05) is 19.9 Å². The highest BCUT2D eigenvalue weighted by atomic mass is 127. The van der Waals surface area contributed by atoms with E-state index in [4.69, 9.17) is 10.5 Å². The first kappa shape index (κ1) is 11.3. The Morgan fingerprint density at radius 3 is 2.71 bits per heavy atom. The molecule has 0 aliphatic heterocycles. The molecule has 76 valence electrons. The molecule has 0 heterocycles. The summed E-state index contributed by atoms with van der Waals surface area (Å²) in [6.45, 7) is 3.62. The molecule has 14 heavy (non-hydrogen) atoms. The molecule has 1 rings (SSSR count). The third-order valence-corrected chi connectivity index (χ3v) is 2.25. The van der Waals surface area contributed by atoms with Gasteiger partial charge in [-0.1, -0.05) is 0 Å². The number of esters is 1. The molecule has 4 heteroatoms. The summed E-state index contributed by atoms with van der Waals surface area (Å²) in [5.74, 6) is -0.365. The van der Waals surface area contributed by atoms with Crippen LogP contribution in [0, 0.1) is 3.57 Å². The van der Waals surface area contributed by atoms with Gasteiger partial charge in [0, 0.05) is 9.26 Å². The summed E-state index contributed by atoms with van der Waals surface area (Å²) in [5.41, 5.74) is 6.55. The lowest BCUT2D eigenvalue weighted by molar-refractivity contribution is 0.0379. The van der Waals surface area contributed by atoms with Crippen molar-refractivity contribution in [3.63, 3.8) is 0 Å². The van der Waals surface area contributed by atoms with Crippen LogP contribution in [-0.2, 0) is 4.74 Å². The molecule has 3 nitrogen and oxygen atoms in total. The van der Waals surface area contributed by atoms with Gasteiger partial charge in [0.1, 0.15) is 0 Å². The third kappa shape index (κ3) is 2.87. The van der Waals surface area contributed by atoms with Gasteiger partial charge in [-0.3, -0.25) is 0 Å². The van der Waals surface area contributed by atoms with Crippen LogP contribution < -0.4 is 5.73 Å². The van der Waals surface area contributed by atoms with Gasteiger partial charge in [-0.15, -0.1) is 0 Å². The lowest BCUT2D eigenvalue weighted by atomic mass is 10.2. The second-order valence-corrected chi connectivity index (χ2v) is 4.43. The largest absolute Gasteiger partial charge is 0.459 e. The van der Waals surface area contributed by atoms with E-state index < -0.39 is 0 Å². The quantitative estimate of drug-likeness (QED) is 0.519. The molecular formula is C10H12INO2. The monoisotopic (exact) mass is 305 g/mol. The lowest BCUT2D eigenvalue weighted by Crippen LogP contribution is -2.13. The van der Waals surface area contributed by atoms with Crippen LogP contribution in [0.3, 0.4) is 0 Å². The number of nitrogens with two attached hydrogens (primary N) is 1. The third-order valence-electron chi connectivity index (χ3n) is 1.58. The van der Waals surface area contributed by atoms with Gasteiger partial charge in [-0.05, 0) is 54.6 Å². The van der Waals surface area contributed by atoms with Gasteiger partial charge >= 0.3 is 5.97 Å². The molecule has 0 bridgehead atoms. The molecule has 0 saturated heterocycles. The van der Waals surface area contributed by atoms with Crippen molar-refractivity contribution in [1.29, 1.82) is 0 Å². The van der Waals surface area contributed by atoms with Crippen molar-refractivity contribution in [3.05, 3.63) is 27.3 Å². The standard InChI is InChI=1S/C10H12INO2/c1-6(2)14-10(13)8-5-7(11)3-4-9(8)12/h3-6H,12H2,1-2H3. The number of anilines is 1. The molecule has 0 radical (unpaired) electrons. The van der Waals surface area contributed by atoms with Crippen molar-refractivity contribution in [2.24, 2.45) is 0 Å². The number of hydrogen-bond donors (Lipinski definition) is 1. The Morgan fingerprint density at radius 2 is 2.14 bits per heavy atom. The van der Waals surface area contributed by atoms with Crippen molar-refractivity contribution in [2.75, 3.05) is 5.73 Å². The first-order valence-electron chi connectivity index (χ1n) is 4.26. The molecule has 0 aliphatic carbocycles. The van der Waals surface area contributed by atoms with E-state index in [9.17, 15) is 4.79 Å². The molecule has 0 spiro atoms. The molecule has 0 unspecified atom stereocenters. The average Bonchev–Trinajstić information content (AvgIpc) is 2.08. The fraction of sp³-hybridized carbons (Fsp3) is 0.300. The molecule has 1 aromatic rings. The summed E-state index contributed by atoms with van der Waals surface area (Å²) in [7, 11) is 0. The Bertz CT molecular complexity index is 350. The highest BCUT2D eigenvalue weighted by Crippen LogP contribution is 2.17. The Hall–Kier alpha value is -0.780. The molecule has 0 aliphatic rings. The maximum Gasteiger partial charge on any atom is 0.340 e. The summed E-state index contributed by atoms with van der Waals surface area (Å²) < 4.78 is 6.02. The lowest BCUT2D eigenvalue weighted by Gasteiger charge is -2.09.